The Labute approximate surface area is 155 Å². The van der Waals surface area contributed by atoms with Crippen LogP contribution in [0.1, 0.15) is 15.2 Å². The maximum Gasteiger partial charge on any atom is 0.265 e. The van der Waals surface area contributed by atoms with E-state index < -0.39 is 0 Å². The summed E-state index contributed by atoms with van der Waals surface area (Å²) in [6.07, 6.45) is 0. The van der Waals surface area contributed by atoms with Crippen molar-refractivity contribution in [3.05, 3.63) is 75.4 Å². The first kappa shape index (κ1) is 17.3. The van der Waals surface area contributed by atoms with E-state index in [9.17, 15) is 4.79 Å². The lowest BCUT2D eigenvalue weighted by atomic mass is 10.3. The Hall–Kier alpha value is -2.50. The van der Waals surface area contributed by atoms with Gasteiger partial charge < -0.3 is 14.8 Å². The molecular formula is C19H16ClNO3S. The molecule has 0 aliphatic heterocycles. The lowest BCUT2D eigenvalue weighted by Crippen LogP contribution is -2.10. The molecule has 4 nitrogen and oxygen atoms in total. The van der Waals surface area contributed by atoms with Crippen LogP contribution in [0, 0.1) is 0 Å². The SMILES string of the molecule is COc1ccc(NC(=O)c2cc(COc3cccc(Cl)c3)cs2)cc1. The van der Waals surface area contributed by atoms with Gasteiger partial charge in [-0.05, 0) is 53.9 Å². The fraction of sp³-hybridized carbons (Fsp3) is 0.105. The molecule has 0 fully saturated rings. The predicted molar refractivity (Wildman–Crippen MR) is 101 cm³/mol. The largest absolute Gasteiger partial charge is 0.497 e. The van der Waals surface area contributed by atoms with Gasteiger partial charge in [-0.1, -0.05) is 17.7 Å². The third-order valence-corrected chi connectivity index (χ3v) is 4.64. The van der Waals surface area contributed by atoms with Crippen LogP contribution in [0.5, 0.6) is 11.5 Å². The molecule has 3 rings (SSSR count). The van der Waals surface area contributed by atoms with E-state index in [1.807, 2.05) is 23.6 Å². The van der Waals surface area contributed by atoms with Gasteiger partial charge in [-0.15, -0.1) is 11.3 Å². The molecular weight excluding hydrogens is 358 g/mol. The number of halogens is 1. The topological polar surface area (TPSA) is 47.6 Å². The van der Waals surface area contributed by atoms with Crippen molar-refractivity contribution in [1.29, 1.82) is 0 Å². The van der Waals surface area contributed by atoms with Gasteiger partial charge >= 0.3 is 0 Å². The molecule has 0 unspecified atom stereocenters. The minimum absolute atomic E-state index is 0.149. The number of benzene rings is 2. The van der Waals surface area contributed by atoms with Gasteiger partial charge in [0, 0.05) is 16.3 Å². The van der Waals surface area contributed by atoms with E-state index >= 15 is 0 Å². The normalized spacial score (nSPS) is 10.3. The summed E-state index contributed by atoms with van der Waals surface area (Å²) in [6, 6.07) is 16.2. The minimum atomic E-state index is -0.149. The van der Waals surface area contributed by atoms with E-state index in [1.165, 1.54) is 11.3 Å². The molecule has 3 aromatic rings. The van der Waals surface area contributed by atoms with E-state index in [0.717, 1.165) is 17.0 Å². The standard InChI is InChI=1S/C19H16ClNO3S/c1-23-16-7-5-15(6-8-16)21-19(22)18-9-13(12-25-18)11-24-17-4-2-3-14(20)10-17/h2-10,12H,11H2,1H3,(H,21,22). The van der Waals surface area contributed by atoms with Gasteiger partial charge in [-0.3, -0.25) is 4.79 Å². The Morgan fingerprint density at radius 2 is 1.92 bits per heavy atom. The molecule has 0 aliphatic carbocycles. The summed E-state index contributed by atoms with van der Waals surface area (Å²) in [5.41, 5.74) is 1.65. The Bertz CT molecular complexity index is 861. The van der Waals surface area contributed by atoms with Gasteiger partial charge in [0.1, 0.15) is 18.1 Å². The molecule has 0 radical (unpaired) electrons. The van der Waals surface area contributed by atoms with E-state index in [1.54, 1.807) is 43.5 Å². The van der Waals surface area contributed by atoms with Crippen molar-refractivity contribution in [3.8, 4) is 11.5 Å². The number of rotatable bonds is 6. The number of anilines is 1. The van der Waals surface area contributed by atoms with E-state index in [0.29, 0.717) is 22.3 Å². The monoisotopic (exact) mass is 373 g/mol. The first-order valence-electron chi connectivity index (χ1n) is 7.55. The number of thiophene rings is 1. The summed E-state index contributed by atoms with van der Waals surface area (Å²) in [7, 11) is 1.60. The number of carbonyl (C=O) groups excluding carboxylic acids is 1. The van der Waals surface area contributed by atoms with Crippen LogP contribution in [-0.2, 0) is 6.61 Å². The van der Waals surface area contributed by atoms with Crippen molar-refractivity contribution in [3.63, 3.8) is 0 Å². The molecule has 6 heteroatoms. The molecule has 1 amide bonds. The third-order valence-electron chi connectivity index (χ3n) is 3.43. The van der Waals surface area contributed by atoms with Gasteiger partial charge in [-0.2, -0.15) is 0 Å². The van der Waals surface area contributed by atoms with Crippen LogP contribution in [0.3, 0.4) is 0 Å². The van der Waals surface area contributed by atoms with E-state index in [4.69, 9.17) is 21.1 Å². The first-order valence-corrected chi connectivity index (χ1v) is 8.81. The zero-order valence-electron chi connectivity index (χ0n) is 13.5. The van der Waals surface area contributed by atoms with Gasteiger partial charge in [0.2, 0.25) is 0 Å². The molecule has 0 saturated heterocycles. The molecule has 1 heterocycles. The predicted octanol–water partition coefficient (Wildman–Crippen LogP) is 5.24. The molecule has 25 heavy (non-hydrogen) atoms. The Kier molecular flexibility index (Phi) is 5.58. The highest BCUT2D eigenvalue weighted by Crippen LogP contribution is 2.22. The molecule has 128 valence electrons. The second kappa shape index (κ2) is 8.05. The molecule has 0 bridgehead atoms. The van der Waals surface area contributed by atoms with Crippen LogP contribution in [0.25, 0.3) is 0 Å². The van der Waals surface area contributed by atoms with Crippen LogP contribution in [0.2, 0.25) is 5.02 Å². The molecule has 1 N–H and O–H groups in total. The highest BCUT2D eigenvalue weighted by atomic mass is 35.5. The number of hydrogen-bond donors (Lipinski definition) is 1. The summed E-state index contributed by atoms with van der Waals surface area (Å²) >= 11 is 7.31. The van der Waals surface area contributed by atoms with Crippen molar-refractivity contribution in [2.75, 3.05) is 12.4 Å². The zero-order valence-corrected chi connectivity index (χ0v) is 15.1. The second-order valence-electron chi connectivity index (χ2n) is 5.25. The van der Waals surface area contributed by atoms with E-state index in [-0.39, 0.29) is 5.91 Å². The van der Waals surface area contributed by atoms with Crippen LogP contribution < -0.4 is 14.8 Å². The minimum Gasteiger partial charge on any atom is -0.497 e. The summed E-state index contributed by atoms with van der Waals surface area (Å²) in [5.74, 6) is 1.29. The maximum atomic E-state index is 12.3. The van der Waals surface area contributed by atoms with Crippen molar-refractivity contribution < 1.29 is 14.3 Å². The molecule has 0 aliphatic rings. The number of hydrogen-bond acceptors (Lipinski definition) is 4. The summed E-state index contributed by atoms with van der Waals surface area (Å²) < 4.78 is 10.8. The average Bonchev–Trinajstić information content (AvgIpc) is 3.10. The molecule has 0 spiro atoms. The molecule has 1 aromatic heterocycles. The fourth-order valence-corrected chi connectivity index (χ4v) is 3.13. The smallest absolute Gasteiger partial charge is 0.265 e. The van der Waals surface area contributed by atoms with Gasteiger partial charge in [0.05, 0.1) is 12.0 Å². The zero-order chi connectivity index (χ0) is 17.6. The molecule has 2 aromatic carbocycles. The Morgan fingerprint density at radius 1 is 1.12 bits per heavy atom. The Balaban J connectivity index is 1.59. The number of methoxy groups -OCH3 is 1. The first-order chi connectivity index (χ1) is 12.1. The highest BCUT2D eigenvalue weighted by Gasteiger charge is 2.10. The van der Waals surface area contributed by atoms with Crippen LogP contribution in [0.15, 0.2) is 60.0 Å². The third kappa shape index (κ3) is 4.75. The number of amides is 1. The Morgan fingerprint density at radius 3 is 2.64 bits per heavy atom. The summed E-state index contributed by atoms with van der Waals surface area (Å²) in [5, 5.41) is 5.40. The lowest BCUT2D eigenvalue weighted by Gasteiger charge is -2.05. The highest BCUT2D eigenvalue weighted by molar-refractivity contribution is 7.12. The summed E-state index contributed by atoms with van der Waals surface area (Å²) in [4.78, 5) is 12.9. The average molecular weight is 374 g/mol. The van der Waals surface area contributed by atoms with Crippen molar-refractivity contribution in [1.82, 2.24) is 0 Å². The number of ether oxygens (including phenoxy) is 2. The lowest BCUT2D eigenvalue weighted by molar-refractivity contribution is 0.103. The fourth-order valence-electron chi connectivity index (χ4n) is 2.16. The van der Waals surface area contributed by atoms with Crippen LogP contribution >= 0.6 is 22.9 Å². The second-order valence-corrected chi connectivity index (χ2v) is 6.60. The molecule has 0 atom stereocenters. The summed E-state index contributed by atoms with van der Waals surface area (Å²) in [6.45, 7) is 0.382. The van der Waals surface area contributed by atoms with E-state index in [2.05, 4.69) is 5.32 Å². The van der Waals surface area contributed by atoms with Crippen LogP contribution in [0.4, 0.5) is 5.69 Å². The quantitative estimate of drug-likeness (QED) is 0.642. The van der Waals surface area contributed by atoms with Crippen molar-refractivity contribution >= 4 is 34.5 Å². The van der Waals surface area contributed by atoms with Gasteiger partial charge in [-0.25, -0.2) is 0 Å². The van der Waals surface area contributed by atoms with Gasteiger partial charge in [0.15, 0.2) is 0 Å². The van der Waals surface area contributed by atoms with Gasteiger partial charge in [0.25, 0.3) is 5.91 Å². The van der Waals surface area contributed by atoms with Crippen molar-refractivity contribution in [2.24, 2.45) is 0 Å². The number of nitrogens with one attached hydrogen (secondary N) is 1. The maximum absolute atomic E-state index is 12.3. The number of carbonyl (C=O) groups is 1. The molecule has 0 saturated carbocycles. The van der Waals surface area contributed by atoms with Crippen LogP contribution in [-0.4, -0.2) is 13.0 Å². The van der Waals surface area contributed by atoms with Crippen molar-refractivity contribution in [2.45, 2.75) is 6.61 Å².